The van der Waals surface area contributed by atoms with E-state index in [-0.39, 0.29) is 0 Å². The highest BCUT2D eigenvalue weighted by atomic mass is 15.3. The van der Waals surface area contributed by atoms with Crippen LogP contribution in [0.15, 0.2) is 45.6 Å². The molecule has 0 atom stereocenters. The van der Waals surface area contributed by atoms with Gasteiger partial charge in [-0.15, -0.1) is 5.11 Å². The fourth-order valence-corrected chi connectivity index (χ4v) is 0.892. The minimum Gasteiger partial charge on any atom is -0.311 e. The lowest BCUT2D eigenvalue weighted by atomic mass is 10.2. The molecule has 13 heavy (non-hydrogen) atoms. The molecule has 1 rings (SSSR count). The monoisotopic (exact) mass is 172 g/mol. The first kappa shape index (κ1) is 9.44. The molecule has 0 unspecified atom stereocenters. The summed E-state index contributed by atoms with van der Waals surface area (Å²) in [7, 11) is 6.64. The molecule has 0 heterocycles. The quantitative estimate of drug-likeness (QED) is 0.234. The van der Waals surface area contributed by atoms with Crippen molar-refractivity contribution in [1.82, 2.24) is 5.43 Å². The van der Waals surface area contributed by atoms with Crippen LogP contribution in [0.25, 0.3) is 0 Å². The van der Waals surface area contributed by atoms with Gasteiger partial charge < -0.3 is 5.43 Å². The van der Waals surface area contributed by atoms with Gasteiger partial charge in [0.1, 0.15) is 0 Å². The molecule has 0 bridgehead atoms. The van der Waals surface area contributed by atoms with E-state index in [1.54, 1.807) is 7.05 Å². The van der Waals surface area contributed by atoms with Gasteiger partial charge in [0.2, 0.25) is 0 Å². The smallest absolute Gasteiger partial charge is 0.293 e. The number of nitrogens with zero attached hydrogens (tertiary/aromatic N) is 3. The number of benzene rings is 1. The number of rotatable bonds is 2. The van der Waals surface area contributed by atoms with Gasteiger partial charge in [-0.2, -0.15) is 5.10 Å². The molecule has 0 saturated carbocycles. The molecule has 1 aromatic carbocycles. The maximum absolute atomic E-state index is 4.95. The molecule has 1 N–H and O–H groups in total. The first-order valence-corrected chi connectivity index (χ1v) is 3.79. The molecule has 0 aliphatic carbocycles. The van der Waals surface area contributed by atoms with Crippen LogP contribution in [-0.2, 0) is 0 Å². The van der Waals surface area contributed by atoms with E-state index in [1.807, 2.05) is 30.3 Å². The third kappa shape index (κ3) is 2.70. The van der Waals surface area contributed by atoms with Gasteiger partial charge in [-0.25, -0.2) is 0 Å². The molecule has 0 saturated heterocycles. The van der Waals surface area contributed by atoms with Crippen molar-refractivity contribution >= 4 is 13.8 Å². The zero-order chi connectivity index (χ0) is 9.52. The Morgan fingerprint density at radius 1 is 1.31 bits per heavy atom. The van der Waals surface area contributed by atoms with E-state index < -0.39 is 0 Å². The van der Waals surface area contributed by atoms with Gasteiger partial charge >= 0.3 is 0 Å². The summed E-state index contributed by atoms with van der Waals surface area (Å²) in [5, 5.41) is 10.8. The topological polar surface area (TPSA) is 49.1 Å². The molecule has 2 radical (unpaired) electrons. The molecule has 0 amide bonds. The highest BCUT2D eigenvalue weighted by Crippen LogP contribution is 2.01. The number of nitrogens with one attached hydrogen (secondary N) is 1. The van der Waals surface area contributed by atoms with Gasteiger partial charge in [0, 0.05) is 12.6 Å². The molecule has 0 aliphatic rings. The predicted molar refractivity (Wildman–Crippen MR) is 52.6 cm³/mol. The Labute approximate surface area is 78.2 Å². The van der Waals surface area contributed by atoms with Gasteiger partial charge in [-0.05, 0) is 0 Å². The summed E-state index contributed by atoms with van der Waals surface area (Å²) in [6, 6.07) is 9.47. The third-order valence-corrected chi connectivity index (χ3v) is 1.40. The SMILES string of the molecule is [B]N=N/C(=N/NC)c1ccccc1. The Hall–Kier alpha value is -1.65. The van der Waals surface area contributed by atoms with E-state index >= 15 is 0 Å². The molecule has 0 spiro atoms. The van der Waals surface area contributed by atoms with Crippen LogP contribution in [0.5, 0.6) is 0 Å². The summed E-state index contributed by atoms with van der Waals surface area (Å²) in [5.41, 5.74) is 3.50. The minimum atomic E-state index is 0.464. The van der Waals surface area contributed by atoms with Gasteiger partial charge in [0.15, 0.2) is 5.84 Å². The summed E-state index contributed by atoms with van der Waals surface area (Å²) in [6.45, 7) is 0. The van der Waals surface area contributed by atoms with E-state index in [0.29, 0.717) is 5.84 Å². The molecule has 0 fully saturated rings. The number of hydrazone groups is 1. The van der Waals surface area contributed by atoms with Gasteiger partial charge in [-0.1, -0.05) is 30.3 Å². The zero-order valence-electron chi connectivity index (χ0n) is 7.31. The molecule has 0 aliphatic heterocycles. The number of hydrogen-bond acceptors (Lipinski definition) is 3. The second kappa shape index (κ2) is 5.08. The second-order valence-electron chi connectivity index (χ2n) is 2.24. The summed E-state index contributed by atoms with van der Waals surface area (Å²) in [4.78, 5) is 0. The minimum absolute atomic E-state index is 0.464. The maximum Gasteiger partial charge on any atom is 0.293 e. The van der Waals surface area contributed by atoms with Crippen molar-refractivity contribution in [3.63, 3.8) is 0 Å². The van der Waals surface area contributed by atoms with E-state index in [0.717, 1.165) is 5.56 Å². The van der Waals surface area contributed by atoms with Crippen LogP contribution in [0.3, 0.4) is 0 Å². The zero-order valence-corrected chi connectivity index (χ0v) is 7.31. The van der Waals surface area contributed by atoms with Crippen molar-refractivity contribution in [3.8, 4) is 0 Å². The van der Waals surface area contributed by atoms with Crippen LogP contribution in [0.2, 0.25) is 0 Å². The highest BCUT2D eigenvalue weighted by molar-refractivity contribution is 6.07. The summed E-state index contributed by atoms with van der Waals surface area (Å²) in [6.07, 6.45) is 0. The standard InChI is InChI=1S/C8H9BN4/c1-10-11-8(12-13-9)7-5-3-2-4-6-7/h2-6,10H,1H3/b11-8+,13-12?. The van der Waals surface area contributed by atoms with E-state index in [1.165, 1.54) is 0 Å². The Bertz CT molecular complexity index is 307. The van der Waals surface area contributed by atoms with Gasteiger partial charge in [-0.3, -0.25) is 5.03 Å². The van der Waals surface area contributed by atoms with Crippen LogP contribution in [-0.4, -0.2) is 20.9 Å². The van der Waals surface area contributed by atoms with Gasteiger partial charge in [0.05, 0.1) is 0 Å². The normalized spacial score (nSPS) is 11.9. The summed E-state index contributed by atoms with van der Waals surface area (Å²) < 4.78 is 0. The lowest BCUT2D eigenvalue weighted by Gasteiger charge is -1.98. The average Bonchev–Trinajstić information content (AvgIpc) is 2.19. The Morgan fingerprint density at radius 3 is 2.54 bits per heavy atom. The average molecular weight is 172 g/mol. The van der Waals surface area contributed by atoms with Crippen LogP contribution in [0, 0.1) is 0 Å². The predicted octanol–water partition coefficient (Wildman–Crippen LogP) is 1.10. The van der Waals surface area contributed by atoms with E-state index in [9.17, 15) is 0 Å². The van der Waals surface area contributed by atoms with Crippen LogP contribution < -0.4 is 5.43 Å². The molecule has 64 valence electrons. The molecule has 0 aromatic heterocycles. The lowest BCUT2D eigenvalue weighted by Crippen LogP contribution is -2.04. The van der Waals surface area contributed by atoms with Crippen molar-refractivity contribution in [2.75, 3.05) is 7.05 Å². The van der Waals surface area contributed by atoms with Crippen molar-refractivity contribution in [1.29, 1.82) is 0 Å². The first-order valence-electron chi connectivity index (χ1n) is 3.79. The van der Waals surface area contributed by atoms with E-state index in [4.69, 9.17) is 7.98 Å². The largest absolute Gasteiger partial charge is 0.311 e. The fraction of sp³-hybridized carbons (Fsp3) is 0.125. The van der Waals surface area contributed by atoms with E-state index in [2.05, 4.69) is 20.7 Å². The number of hydrogen-bond donors (Lipinski definition) is 1. The molecule has 5 heteroatoms. The maximum atomic E-state index is 4.95. The first-order chi connectivity index (χ1) is 6.38. The lowest BCUT2D eigenvalue weighted by molar-refractivity contribution is 0.895. The molecule has 1 aromatic rings. The summed E-state index contributed by atoms with van der Waals surface area (Å²) >= 11 is 0. The fourth-order valence-electron chi connectivity index (χ4n) is 0.892. The number of amidine groups is 1. The molecule has 4 nitrogen and oxygen atoms in total. The van der Waals surface area contributed by atoms with Gasteiger partial charge in [0.25, 0.3) is 7.98 Å². The van der Waals surface area contributed by atoms with Crippen molar-refractivity contribution < 1.29 is 0 Å². The molecular formula is C8H9BN4. The van der Waals surface area contributed by atoms with Crippen LogP contribution >= 0.6 is 0 Å². The highest BCUT2D eigenvalue weighted by Gasteiger charge is 1.98. The summed E-state index contributed by atoms with van der Waals surface area (Å²) in [5.74, 6) is 0.464. The van der Waals surface area contributed by atoms with Crippen LogP contribution in [0.1, 0.15) is 5.56 Å². The van der Waals surface area contributed by atoms with Crippen LogP contribution in [0.4, 0.5) is 0 Å². The molecular weight excluding hydrogens is 163 g/mol. The Balaban J connectivity index is 2.96. The Kier molecular flexibility index (Phi) is 3.69. The van der Waals surface area contributed by atoms with Crippen molar-refractivity contribution in [2.45, 2.75) is 0 Å². The third-order valence-electron chi connectivity index (χ3n) is 1.40. The van der Waals surface area contributed by atoms with Crippen molar-refractivity contribution in [3.05, 3.63) is 35.9 Å². The Morgan fingerprint density at radius 2 is 2.00 bits per heavy atom. The second-order valence-corrected chi connectivity index (χ2v) is 2.24. The van der Waals surface area contributed by atoms with Crippen molar-refractivity contribution in [2.24, 2.45) is 15.2 Å².